The molecule has 122 valence electrons. The molecule has 21 heavy (non-hydrogen) atoms. The molecule has 0 bridgehead atoms. The number of piperidine rings is 1. The first-order valence-corrected chi connectivity index (χ1v) is 7.90. The molecule has 2 N–H and O–H groups in total. The van der Waals surface area contributed by atoms with Gasteiger partial charge < -0.3 is 14.5 Å². The van der Waals surface area contributed by atoms with Crippen LogP contribution in [0.1, 0.15) is 60.3 Å². The van der Waals surface area contributed by atoms with Crippen molar-refractivity contribution in [2.24, 2.45) is 16.7 Å². The van der Waals surface area contributed by atoms with Crippen molar-refractivity contribution in [1.29, 1.82) is 0 Å². The molecule has 2 aliphatic rings. The molecule has 0 aromatic rings. The van der Waals surface area contributed by atoms with Crippen LogP contribution in [-0.2, 0) is 9.57 Å². The van der Waals surface area contributed by atoms with E-state index in [0.29, 0.717) is 6.61 Å². The zero-order valence-corrected chi connectivity index (χ0v) is 14.1. The summed E-state index contributed by atoms with van der Waals surface area (Å²) in [6, 6.07) is 0.184. The first-order chi connectivity index (χ1) is 9.59. The molecule has 0 spiro atoms. The van der Waals surface area contributed by atoms with Gasteiger partial charge in [0, 0.05) is 18.0 Å². The highest BCUT2D eigenvalue weighted by molar-refractivity contribution is 5.69. The van der Waals surface area contributed by atoms with E-state index in [1.54, 1.807) is 0 Å². The van der Waals surface area contributed by atoms with Crippen LogP contribution in [-0.4, -0.2) is 35.8 Å². The van der Waals surface area contributed by atoms with Gasteiger partial charge in [-0.1, -0.05) is 13.8 Å². The Kier molecular flexibility index (Phi) is 4.28. The van der Waals surface area contributed by atoms with E-state index >= 15 is 0 Å². The lowest BCUT2D eigenvalue weighted by molar-refractivity contribution is -0.0364. The predicted octanol–water partition coefficient (Wildman–Crippen LogP) is 3.08. The Hall–Kier alpha value is -0.810. The van der Waals surface area contributed by atoms with Crippen LogP contribution in [0.5, 0.6) is 0 Å². The van der Waals surface area contributed by atoms with Gasteiger partial charge >= 0.3 is 6.09 Å². The highest BCUT2D eigenvalue weighted by Gasteiger charge is 2.55. The fourth-order valence-electron chi connectivity index (χ4n) is 3.38. The van der Waals surface area contributed by atoms with Crippen molar-refractivity contribution < 1.29 is 14.4 Å². The van der Waals surface area contributed by atoms with Crippen LogP contribution in [0.3, 0.4) is 0 Å². The van der Waals surface area contributed by atoms with E-state index in [1.807, 2.05) is 25.7 Å². The number of rotatable bonds is 3. The van der Waals surface area contributed by atoms with Gasteiger partial charge in [-0.05, 0) is 51.9 Å². The summed E-state index contributed by atoms with van der Waals surface area (Å²) in [4.78, 5) is 19.5. The number of carbonyl (C=O) groups excluding carboxylic acids is 1. The Labute approximate surface area is 128 Å². The van der Waals surface area contributed by atoms with Gasteiger partial charge in [-0.2, -0.15) is 0 Å². The molecule has 1 saturated carbocycles. The second-order valence-electron chi connectivity index (χ2n) is 8.50. The molecular weight excluding hydrogens is 268 g/mol. The maximum atomic E-state index is 12.6. The minimum atomic E-state index is -0.468. The highest BCUT2D eigenvalue weighted by Crippen LogP contribution is 2.54. The Bertz CT molecular complexity index is 397. The average molecular weight is 298 g/mol. The fraction of sp³-hybridized carbons (Fsp3) is 0.938. The number of nitrogens with two attached hydrogens (primary N) is 1. The minimum Gasteiger partial charge on any atom is -0.444 e. The summed E-state index contributed by atoms with van der Waals surface area (Å²) in [7, 11) is 0. The van der Waals surface area contributed by atoms with Gasteiger partial charge in [-0.25, -0.2) is 10.7 Å². The molecule has 0 radical (unpaired) electrons. The summed E-state index contributed by atoms with van der Waals surface area (Å²) in [5.74, 6) is 5.30. The summed E-state index contributed by atoms with van der Waals surface area (Å²) in [6.07, 6.45) is 4.06. The van der Waals surface area contributed by atoms with Crippen LogP contribution < -0.4 is 5.90 Å². The summed E-state index contributed by atoms with van der Waals surface area (Å²) < 4.78 is 5.62. The quantitative estimate of drug-likeness (QED) is 0.813. The zero-order chi connectivity index (χ0) is 15.9. The lowest BCUT2D eigenvalue weighted by atomic mass is 9.77. The summed E-state index contributed by atoms with van der Waals surface area (Å²) >= 11 is 0. The van der Waals surface area contributed by atoms with Gasteiger partial charge in [0.1, 0.15) is 5.60 Å². The molecule has 0 aromatic carbocycles. The minimum absolute atomic E-state index is 0.0438. The van der Waals surface area contributed by atoms with E-state index in [1.165, 1.54) is 0 Å². The van der Waals surface area contributed by atoms with Crippen molar-refractivity contribution in [2.75, 3.05) is 13.2 Å². The molecule has 5 heteroatoms. The van der Waals surface area contributed by atoms with Crippen LogP contribution in [0.15, 0.2) is 0 Å². The molecule has 2 fully saturated rings. The molecule has 1 aliphatic heterocycles. The molecule has 1 amide bonds. The maximum absolute atomic E-state index is 12.6. The highest BCUT2D eigenvalue weighted by atomic mass is 16.6. The van der Waals surface area contributed by atoms with Gasteiger partial charge in [-0.3, -0.25) is 0 Å². The second kappa shape index (κ2) is 5.43. The number of ether oxygens (including phenoxy) is 1. The van der Waals surface area contributed by atoms with Crippen LogP contribution in [0, 0.1) is 10.8 Å². The topological polar surface area (TPSA) is 64.8 Å². The van der Waals surface area contributed by atoms with Gasteiger partial charge in [-0.15, -0.1) is 0 Å². The number of nitrogens with zero attached hydrogens (tertiary/aromatic N) is 1. The summed E-state index contributed by atoms with van der Waals surface area (Å²) in [5.41, 5.74) is -0.292. The number of hydrogen-bond donors (Lipinski definition) is 1. The number of carbonyl (C=O) groups is 1. The van der Waals surface area contributed by atoms with Gasteiger partial charge in [0.15, 0.2) is 0 Å². The van der Waals surface area contributed by atoms with Gasteiger partial charge in [0.25, 0.3) is 0 Å². The third-order valence-corrected chi connectivity index (χ3v) is 4.67. The third-order valence-electron chi connectivity index (χ3n) is 4.67. The van der Waals surface area contributed by atoms with E-state index in [9.17, 15) is 4.79 Å². The first-order valence-electron chi connectivity index (χ1n) is 7.90. The van der Waals surface area contributed by atoms with Gasteiger partial charge in [0.2, 0.25) is 0 Å². The molecule has 1 unspecified atom stereocenters. The van der Waals surface area contributed by atoms with Crippen molar-refractivity contribution in [2.45, 2.75) is 71.9 Å². The Morgan fingerprint density at radius 2 is 1.90 bits per heavy atom. The van der Waals surface area contributed by atoms with Crippen molar-refractivity contribution in [1.82, 2.24) is 4.90 Å². The zero-order valence-electron chi connectivity index (χ0n) is 14.1. The first kappa shape index (κ1) is 16.6. The monoisotopic (exact) mass is 298 g/mol. The molecule has 5 nitrogen and oxygen atoms in total. The summed E-state index contributed by atoms with van der Waals surface area (Å²) in [6.45, 7) is 11.4. The van der Waals surface area contributed by atoms with E-state index in [0.717, 1.165) is 32.2 Å². The Morgan fingerprint density at radius 3 is 2.38 bits per heavy atom. The summed E-state index contributed by atoms with van der Waals surface area (Å²) in [5, 5.41) is 0. The maximum Gasteiger partial charge on any atom is 0.410 e. The number of likely N-dealkylation sites (tertiary alicyclic amines) is 1. The lowest BCUT2D eigenvalue weighted by Gasteiger charge is -2.46. The van der Waals surface area contributed by atoms with Crippen LogP contribution >= 0.6 is 0 Å². The molecule has 1 atom stereocenters. The van der Waals surface area contributed by atoms with Crippen molar-refractivity contribution >= 4 is 6.09 Å². The van der Waals surface area contributed by atoms with Crippen LogP contribution in [0.25, 0.3) is 0 Å². The Balaban J connectivity index is 2.16. The average Bonchev–Trinajstić information content (AvgIpc) is 3.06. The van der Waals surface area contributed by atoms with Crippen LogP contribution in [0.2, 0.25) is 0 Å². The molecule has 0 aromatic heterocycles. The standard InChI is InChI=1S/C16H30N2O3/c1-14(2,3)21-13(19)18-10-15(4,5)7-6-12(18)16(8-9-16)11-20-17/h12H,6-11,17H2,1-5H3. The van der Waals surface area contributed by atoms with E-state index < -0.39 is 5.60 Å². The molecular formula is C16H30N2O3. The fourth-order valence-corrected chi connectivity index (χ4v) is 3.38. The normalized spacial score (nSPS) is 27.3. The molecule has 1 aliphatic carbocycles. The largest absolute Gasteiger partial charge is 0.444 e. The molecule has 1 saturated heterocycles. The van der Waals surface area contributed by atoms with Crippen molar-refractivity contribution in [3.63, 3.8) is 0 Å². The lowest BCUT2D eigenvalue weighted by Crippen LogP contribution is -2.55. The molecule has 2 rings (SSSR count). The second-order valence-corrected chi connectivity index (χ2v) is 8.50. The number of amides is 1. The number of hydrogen-bond acceptors (Lipinski definition) is 4. The van der Waals surface area contributed by atoms with E-state index in [-0.39, 0.29) is 23.0 Å². The third kappa shape index (κ3) is 3.89. The predicted molar refractivity (Wildman–Crippen MR) is 81.5 cm³/mol. The smallest absolute Gasteiger partial charge is 0.410 e. The van der Waals surface area contributed by atoms with Crippen molar-refractivity contribution in [3.05, 3.63) is 0 Å². The van der Waals surface area contributed by atoms with Gasteiger partial charge in [0.05, 0.1) is 6.61 Å². The SMILES string of the molecule is CC1(C)CCC(C2(CON)CC2)N(C(=O)OC(C)(C)C)C1. The Morgan fingerprint density at radius 1 is 1.29 bits per heavy atom. The van der Waals surface area contributed by atoms with E-state index in [2.05, 4.69) is 13.8 Å². The van der Waals surface area contributed by atoms with E-state index in [4.69, 9.17) is 15.5 Å². The molecule has 1 heterocycles. The van der Waals surface area contributed by atoms with Crippen molar-refractivity contribution in [3.8, 4) is 0 Å². The van der Waals surface area contributed by atoms with Crippen LogP contribution in [0.4, 0.5) is 4.79 Å².